The van der Waals surface area contributed by atoms with Crippen molar-refractivity contribution in [2.45, 2.75) is 18.9 Å². The molecule has 2 amide bonds. The van der Waals surface area contributed by atoms with Gasteiger partial charge in [0.2, 0.25) is 0 Å². The molecule has 0 saturated carbocycles. The first-order valence-electron chi connectivity index (χ1n) is 7.73. The van der Waals surface area contributed by atoms with Gasteiger partial charge in [0.25, 0.3) is 5.91 Å². The summed E-state index contributed by atoms with van der Waals surface area (Å²) in [5, 5.41) is 0. The lowest BCUT2D eigenvalue weighted by Crippen LogP contribution is -2.48. The van der Waals surface area contributed by atoms with Gasteiger partial charge in [-0.25, -0.2) is 9.18 Å². The summed E-state index contributed by atoms with van der Waals surface area (Å²) in [6, 6.07) is 5.72. The molecule has 2 aliphatic heterocycles. The largest absolute Gasteiger partial charge is 0.484 e. The number of halogens is 1. The molecule has 0 aromatic heterocycles. The van der Waals surface area contributed by atoms with Crippen LogP contribution < -0.4 is 4.74 Å². The zero-order valence-corrected chi connectivity index (χ0v) is 12.7. The van der Waals surface area contributed by atoms with Crippen molar-refractivity contribution in [2.24, 2.45) is 0 Å². The first kappa shape index (κ1) is 15.6. The molecular weight excluding hydrogens is 303 g/mol. The molecule has 3 rings (SSSR count). The number of amides is 2. The Bertz CT molecular complexity index is 570. The van der Waals surface area contributed by atoms with E-state index < -0.39 is 0 Å². The van der Waals surface area contributed by atoms with Crippen molar-refractivity contribution in [1.82, 2.24) is 9.80 Å². The Balaban J connectivity index is 1.44. The smallest absolute Gasteiger partial charge is 0.410 e. The van der Waals surface area contributed by atoms with Crippen LogP contribution in [0.3, 0.4) is 0 Å². The highest BCUT2D eigenvalue weighted by atomic mass is 19.1. The first-order valence-corrected chi connectivity index (χ1v) is 7.73. The molecule has 2 saturated heterocycles. The normalized spacial score (nSPS) is 18.9. The summed E-state index contributed by atoms with van der Waals surface area (Å²) in [6.45, 7) is 2.21. The molecular formula is C16H19FN2O4. The maximum atomic E-state index is 12.8. The van der Waals surface area contributed by atoms with Crippen LogP contribution in [0.2, 0.25) is 0 Å². The van der Waals surface area contributed by atoms with Crippen molar-refractivity contribution in [3.63, 3.8) is 0 Å². The number of nitrogens with zero attached hydrogens (tertiary/aromatic N) is 2. The number of piperidine rings is 1. The molecule has 1 aromatic rings. The molecule has 0 unspecified atom stereocenters. The number of carbonyl (C=O) groups is 2. The lowest BCUT2D eigenvalue weighted by Gasteiger charge is -2.35. The van der Waals surface area contributed by atoms with Crippen molar-refractivity contribution in [2.75, 3.05) is 32.8 Å². The second-order valence-electron chi connectivity index (χ2n) is 5.66. The lowest BCUT2D eigenvalue weighted by molar-refractivity contribution is -0.134. The predicted molar refractivity (Wildman–Crippen MR) is 79.6 cm³/mol. The fourth-order valence-electron chi connectivity index (χ4n) is 2.93. The number of likely N-dealkylation sites (tertiary alicyclic amines) is 1. The Morgan fingerprint density at radius 3 is 2.52 bits per heavy atom. The second kappa shape index (κ2) is 6.85. The summed E-state index contributed by atoms with van der Waals surface area (Å²) in [5.74, 6) is 0.0254. The topological polar surface area (TPSA) is 59.1 Å². The van der Waals surface area contributed by atoms with Gasteiger partial charge >= 0.3 is 6.09 Å². The molecule has 0 aliphatic carbocycles. The van der Waals surface area contributed by atoms with Crippen LogP contribution in [0, 0.1) is 5.82 Å². The third-order valence-electron chi connectivity index (χ3n) is 4.23. The van der Waals surface area contributed by atoms with Gasteiger partial charge in [-0.2, -0.15) is 0 Å². The summed E-state index contributed by atoms with van der Waals surface area (Å²) in [4.78, 5) is 27.2. The van der Waals surface area contributed by atoms with Crippen molar-refractivity contribution >= 4 is 12.0 Å². The molecule has 6 nitrogen and oxygen atoms in total. The van der Waals surface area contributed by atoms with Gasteiger partial charge in [-0.15, -0.1) is 0 Å². The number of carbonyl (C=O) groups excluding carboxylic acids is 2. The highest BCUT2D eigenvalue weighted by Crippen LogP contribution is 2.20. The fraction of sp³-hybridized carbons (Fsp3) is 0.500. The fourth-order valence-corrected chi connectivity index (χ4v) is 2.93. The van der Waals surface area contributed by atoms with Gasteiger partial charge in [-0.1, -0.05) is 0 Å². The Labute approximate surface area is 133 Å². The number of cyclic esters (lactones) is 1. The molecule has 0 spiro atoms. The van der Waals surface area contributed by atoms with Crippen LogP contribution >= 0.6 is 0 Å². The van der Waals surface area contributed by atoms with Gasteiger partial charge in [-0.3, -0.25) is 4.79 Å². The van der Waals surface area contributed by atoms with Crippen LogP contribution in [0.1, 0.15) is 12.8 Å². The van der Waals surface area contributed by atoms with Crippen LogP contribution in [0.4, 0.5) is 9.18 Å². The first-order chi connectivity index (χ1) is 11.1. The van der Waals surface area contributed by atoms with Crippen molar-refractivity contribution in [1.29, 1.82) is 0 Å². The molecule has 2 heterocycles. The third kappa shape index (κ3) is 3.72. The summed E-state index contributed by atoms with van der Waals surface area (Å²) < 4.78 is 23.1. The number of ether oxygens (including phenoxy) is 2. The predicted octanol–water partition coefficient (Wildman–Crippen LogP) is 1.65. The highest BCUT2D eigenvalue weighted by molar-refractivity contribution is 5.78. The van der Waals surface area contributed by atoms with Gasteiger partial charge in [0.15, 0.2) is 6.61 Å². The standard InChI is InChI=1S/C16H19FN2O4/c17-12-1-3-14(4-2-12)23-11-15(20)18-7-5-13(6-8-18)19-9-10-22-16(19)21/h1-4,13H,5-11H2. The number of benzene rings is 1. The van der Waals surface area contributed by atoms with E-state index >= 15 is 0 Å². The summed E-state index contributed by atoms with van der Waals surface area (Å²) >= 11 is 0. The van der Waals surface area contributed by atoms with E-state index in [2.05, 4.69) is 0 Å². The molecule has 0 radical (unpaired) electrons. The summed E-state index contributed by atoms with van der Waals surface area (Å²) in [7, 11) is 0. The van der Waals surface area contributed by atoms with E-state index in [0.29, 0.717) is 32.0 Å². The van der Waals surface area contributed by atoms with E-state index in [0.717, 1.165) is 12.8 Å². The van der Waals surface area contributed by atoms with E-state index in [9.17, 15) is 14.0 Å². The van der Waals surface area contributed by atoms with Gasteiger partial charge < -0.3 is 19.3 Å². The molecule has 1 aromatic carbocycles. The molecule has 2 aliphatic rings. The molecule has 7 heteroatoms. The van der Waals surface area contributed by atoms with Crippen LogP contribution in [-0.4, -0.2) is 60.7 Å². The maximum Gasteiger partial charge on any atom is 0.410 e. The van der Waals surface area contributed by atoms with E-state index in [-0.39, 0.29) is 30.5 Å². The molecule has 2 fully saturated rings. The maximum absolute atomic E-state index is 12.8. The molecule has 0 bridgehead atoms. The highest BCUT2D eigenvalue weighted by Gasteiger charge is 2.33. The molecule has 0 atom stereocenters. The van der Waals surface area contributed by atoms with Crippen molar-refractivity contribution in [3.05, 3.63) is 30.1 Å². The Morgan fingerprint density at radius 1 is 1.22 bits per heavy atom. The van der Waals surface area contributed by atoms with Crippen molar-refractivity contribution < 1.29 is 23.5 Å². The average molecular weight is 322 g/mol. The summed E-state index contributed by atoms with van der Waals surface area (Å²) in [5.41, 5.74) is 0. The average Bonchev–Trinajstić information content (AvgIpc) is 3.00. The third-order valence-corrected chi connectivity index (χ3v) is 4.23. The van der Waals surface area contributed by atoms with E-state index in [1.165, 1.54) is 24.3 Å². The van der Waals surface area contributed by atoms with Crippen LogP contribution in [0.15, 0.2) is 24.3 Å². The Kier molecular flexibility index (Phi) is 4.64. The zero-order valence-electron chi connectivity index (χ0n) is 12.7. The van der Waals surface area contributed by atoms with Gasteiger partial charge in [0.05, 0.1) is 6.54 Å². The second-order valence-corrected chi connectivity index (χ2v) is 5.66. The van der Waals surface area contributed by atoms with Crippen LogP contribution in [0.5, 0.6) is 5.75 Å². The lowest BCUT2D eigenvalue weighted by atomic mass is 10.0. The molecule has 124 valence electrons. The summed E-state index contributed by atoms with van der Waals surface area (Å²) in [6.07, 6.45) is 1.24. The van der Waals surface area contributed by atoms with Crippen LogP contribution in [-0.2, 0) is 9.53 Å². The van der Waals surface area contributed by atoms with Gasteiger partial charge in [0.1, 0.15) is 18.2 Å². The minimum Gasteiger partial charge on any atom is -0.484 e. The minimum absolute atomic E-state index is 0.0674. The van der Waals surface area contributed by atoms with Gasteiger partial charge in [0, 0.05) is 19.1 Å². The van der Waals surface area contributed by atoms with Crippen molar-refractivity contribution in [3.8, 4) is 5.75 Å². The Hall–Kier alpha value is -2.31. The zero-order chi connectivity index (χ0) is 16.2. The van der Waals surface area contributed by atoms with Crippen LogP contribution in [0.25, 0.3) is 0 Å². The quantitative estimate of drug-likeness (QED) is 0.846. The SMILES string of the molecule is O=C(COc1ccc(F)cc1)N1CCC(N2CCOC2=O)CC1. The van der Waals surface area contributed by atoms with E-state index in [1.54, 1.807) is 9.80 Å². The van der Waals surface area contributed by atoms with Gasteiger partial charge in [-0.05, 0) is 37.1 Å². The number of rotatable bonds is 4. The Morgan fingerprint density at radius 2 is 1.91 bits per heavy atom. The monoisotopic (exact) mass is 322 g/mol. The number of hydrogen-bond donors (Lipinski definition) is 0. The van der Waals surface area contributed by atoms with E-state index in [1.807, 2.05) is 0 Å². The van der Waals surface area contributed by atoms with E-state index in [4.69, 9.17) is 9.47 Å². The molecule has 23 heavy (non-hydrogen) atoms. The molecule has 0 N–H and O–H groups in total. The number of hydrogen-bond acceptors (Lipinski definition) is 4. The minimum atomic E-state index is -0.341.